The van der Waals surface area contributed by atoms with Crippen LogP contribution in [0.25, 0.3) is 0 Å². The number of nitrogens with one attached hydrogen (secondary N) is 1. The Bertz CT molecular complexity index is 713. The number of carbonyl (C=O) groups is 2. The minimum Gasteiger partial charge on any atom is -0.320 e. The van der Waals surface area contributed by atoms with Crippen molar-refractivity contribution in [3.05, 3.63) is 58.6 Å². The second kappa shape index (κ2) is 6.32. The summed E-state index contributed by atoms with van der Waals surface area (Å²) in [6, 6.07) is 14.6. The van der Waals surface area contributed by atoms with Crippen molar-refractivity contribution in [2.24, 2.45) is 0 Å². The van der Waals surface area contributed by atoms with Crippen molar-refractivity contribution in [2.75, 3.05) is 16.8 Å². The van der Waals surface area contributed by atoms with Gasteiger partial charge in [-0.05, 0) is 42.8 Å². The normalized spacial score (nSPS) is 14.2. The Labute approximate surface area is 137 Å². The van der Waals surface area contributed by atoms with E-state index < -0.39 is 0 Å². The minimum atomic E-state index is -0.188. The van der Waals surface area contributed by atoms with Crippen LogP contribution in [0, 0.1) is 0 Å². The molecule has 0 aromatic heterocycles. The standard InChI is InChI=1S/C17H15BrN2O2/c18-13-9-7-12(8-10-13)17(22)19-14-4-1-2-5-15(14)20-11-3-6-16(20)21/h1-2,4-5,7-10H,3,6,11H2,(H,19,22). The van der Waals surface area contributed by atoms with E-state index >= 15 is 0 Å². The molecule has 5 heteroatoms. The monoisotopic (exact) mass is 358 g/mol. The Morgan fingerprint density at radius 1 is 1.09 bits per heavy atom. The van der Waals surface area contributed by atoms with Crippen LogP contribution in [0.2, 0.25) is 0 Å². The van der Waals surface area contributed by atoms with E-state index in [0.717, 1.165) is 16.6 Å². The molecule has 2 amide bonds. The molecule has 0 bridgehead atoms. The van der Waals surface area contributed by atoms with Gasteiger partial charge in [0.05, 0.1) is 11.4 Å². The predicted molar refractivity (Wildman–Crippen MR) is 90.1 cm³/mol. The van der Waals surface area contributed by atoms with Gasteiger partial charge in [0, 0.05) is 23.0 Å². The van der Waals surface area contributed by atoms with Crippen molar-refractivity contribution in [1.29, 1.82) is 0 Å². The van der Waals surface area contributed by atoms with Crippen LogP contribution in [-0.4, -0.2) is 18.4 Å². The van der Waals surface area contributed by atoms with Gasteiger partial charge in [0.1, 0.15) is 0 Å². The molecule has 0 unspecified atom stereocenters. The Balaban J connectivity index is 1.84. The van der Waals surface area contributed by atoms with Crippen LogP contribution in [0.3, 0.4) is 0 Å². The summed E-state index contributed by atoms with van der Waals surface area (Å²) in [5, 5.41) is 2.90. The van der Waals surface area contributed by atoms with Gasteiger partial charge in [-0.2, -0.15) is 0 Å². The highest BCUT2D eigenvalue weighted by Crippen LogP contribution is 2.29. The van der Waals surface area contributed by atoms with Crippen LogP contribution in [0.15, 0.2) is 53.0 Å². The van der Waals surface area contributed by atoms with Gasteiger partial charge in [0.15, 0.2) is 0 Å². The second-order valence-corrected chi connectivity index (χ2v) is 6.04. The van der Waals surface area contributed by atoms with Crippen LogP contribution in [0.5, 0.6) is 0 Å². The molecular formula is C17H15BrN2O2. The van der Waals surface area contributed by atoms with Crippen molar-refractivity contribution in [3.63, 3.8) is 0 Å². The van der Waals surface area contributed by atoms with E-state index in [2.05, 4.69) is 21.2 Å². The van der Waals surface area contributed by atoms with Gasteiger partial charge in [0.2, 0.25) is 5.91 Å². The maximum Gasteiger partial charge on any atom is 0.255 e. The maximum atomic E-state index is 12.3. The lowest BCUT2D eigenvalue weighted by atomic mass is 10.2. The highest BCUT2D eigenvalue weighted by molar-refractivity contribution is 9.10. The number of benzene rings is 2. The fourth-order valence-corrected chi connectivity index (χ4v) is 2.78. The number of hydrogen-bond acceptors (Lipinski definition) is 2. The molecule has 4 nitrogen and oxygen atoms in total. The van der Waals surface area contributed by atoms with E-state index in [-0.39, 0.29) is 11.8 Å². The fraction of sp³-hybridized carbons (Fsp3) is 0.176. The zero-order chi connectivity index (χ0) is 15.5. The number of amides is 2. The van der Waals surface area contributed by atoms with Crippen LogP contribution < -0.4 is 10.2 Å². The quantitative estimate of drug-likeness (QED) is 0.906. The lowest BCUT2D eigenvalue weighted by Crippen LogP contribution is -2.25. The number of para-hydroxylation sites is 2. The van der Waals surface area contributed by atoms with Gasteiger partial charge >= 0.3 is 0 Å². The molecule has 1 aliphatic rings. The first kappa shape index (κ1) is 14.8. The molecule has 1 heterocycles. The maximum absolute atomic E-state index is 12.3. The van der Waals surface area contributed by atoms with Crippen LogP contribution in [0.1, 0.15) is 23.2 Å². The molecule has 1 fully saturated rings. The first-order chi connectivity index (χ1) is 10.6. The average molecular weight is 359 g/mol. The molecular weight excluding hydrogens is 344 g/mol. The number of anilines is 2. The first-order valence-electron chi connectivity index (χ1n) is 7.11. The summed E-state index contributed by atoms with van der Waals surface area (Å²) in [7, 11) is 0. The summed E-state index contributed by atoms with van der Waals surface area (Å²) < 4.78 is 0.923. The SMILES string of the molecule is O=C(Nc1ccccc1N1CCCC1=O)c1ccc(Br)cc1. The highest BCUT2D eigenvalue weighted by atomic mass is 79.9. The fourth-order valence-electron chi connectivity index (χ4n) is 2.51. The third-order valence-corrected chi connectivity index (χ3v) is 4.15. The second-order valence-electron chi connectivity index (χ2n) is 5.13. The zero-order valence-corrected chi connectivity index (χ0v) is 13.5. The Morgan fingerprint density at radius 3 is 2.50 bits per heavy atom. The summed E-state index contributed by atoms with van der Waals surface area (Å²) in [5.74, 6) is -0.0862. The van der Waals surface area contributed by atoms with Crippen LogP contribution >= 0.6 is 15.9 Å². The van der Waals surface area contributed by atoms with E-state index in [1.54, 1.807) is 17.0 Å². The molecule has 1 N–H and O–H groups in total. The molecule has 0 spiro atoms. The molecule has 112 valence electrons. The van der Waals surface area contributed by atoms with Crippen molar-refractivity contribution in [3.8, 4) is 0 Å². The molecule has 22 heavy (non-hydrogen) atoms. The third kappa shape index (κ3) is 3.04. The summed E-state index contributed by atoms with van der Waals surface area (Å²) in [4.78, 5) is 26.0. The van der Waals surface area contributed by atoms with Gasteiger partial charge in [-0.3, -0.25) is 9.59 Å². The third-order valence-electron chi connectivity index (χ3n) is 3.62. The Morgan fingerprint density at radius 2 is 1.82 bits per heavy atom. The van der Waals surface area contributed by atoms with Gasteiger partial charge in [-0.1, -0.05) is 28.1 Å². The smallest absolute Gasteiger partial charge is 0.255 e. The van der Waals surface area contributed by atoms with Gasteiger partial charge in [-0.25, -0.2) is 0 Å². The summed E-state index contributed by atoms with van der Waals surface area (Å²) in [6.45, 7) is 0.698. The average Bonchev–Trinajstić information content (AvgIpc) is 2.94. The molecule has 1 aliphatic heterocycles. The van der Waals surface area contributed by atoms with E-state index in [1.807, 2.05) is 36.4 Å². The van der Waals surface area contributed by atoms with Gasteiger partial charge in [-0.15, -0.1) is 0 Å². The molecule has 2 aromatic carbocycles. The first-order valence-corrected chi connectivity index (χ1v) is 7.91. The molecule has 0 atom stereocenters. The van der Waals surface area contributed by atoms with Crippen LogP contribution in [-0.2, 0) is 4.79 Å². The zero-order valence-electron chi connectivity index (χ0n) is 11.9. The van der Waals surface area contributed by atoms with Crippen molar-refractivity contribution >= 4 is 39.1 Å². The molecule has 0 aliphatic carbocycles. The highest BCUT2D eigenvalue weighted by Gasteiger charge is 2.24. The lowest BCUT2D eigenvalue weighted by molar-refractivity contribution is -0.117. The summed E-state index contributed by atoms with van der Waals surface area (Å²) in [6.07, 6.45) is 1.42. The number of nitrogens with zero attached hydrogens (tertiary/aromatic N) is 1. The van der Waals surface area contributed by atoms with Crippen molar-refractivity contribution in [1.82, 2.24) is 0 Å². The Hall–Kier alpha value is -2.14. The van der Waals surface area contributed by atoms with E-state index in [4.69, 9.17) is 0 Å². The van der Waals surface area contributed by atoms with Gasteiger partial charge in [0.25, 0.3) is 5.91 Å². The molecule has 0 saturated carbocycles. The van der Waals surface area contributed by atoms with Crippen molar-refractivity contribution in [2.45, 2.75) is 12.8 Å². The number of rotatable bonds is 3. The van der Waals surface area contributed by atoms with Crippen molar-refractivity contribution < 1.29 is 9.59 Å². The molecule has 1 saturated heterocycles. The topological polar surface area (TPSA) is 49.4 Å². The molecule has 0 radical (unpaired) electrons. The Kier molecular flexibility index (Phi) is 4.24. The molecule has 2 aromatic rings. The van der Waals surface area contributed by atoms with E-state index in [9.17, 15) is 9.59 Å². The number of halogens is 1. The largest absolute Gasteiger partial charge is 0.320 e. The minimum absolute atomic E-state index is 0.102. The number of carbonyl (C=O) groups excluding carboxylic acids is 2. The van der Waals surface area contributed by atoms with Crippen LogP contribution in [0.4, 0.5) is 11.4 Å². The van der Waals surface area contributed by atoms with Gasteiger partial charge < -0.3 is 10.2 Å². The lowest BCUT2D eigenvalue weighted by Gasteiger charge is -2.20. The summed E-state index contributed by atoms with van der Waals surface area (Å²) >= 11 is 3.35. The van der Waals surface area contributed by atoms with E-state index in [1.165, 1.54) is 0 Å². The predicted octanol–water partition coefficient (Wildman–Crippen LogP) is 3.83. The number of hydrogen-bond donors (Lipinski definition) is 1. The van der Waals surface area contributed by atoms with E-state index in [0.29, 0.717) is 24.2 Å². The summed E-state index contributed by atoms with van der Waals surface area (Å²) in [5.41, 5.74) is 1.99. The molecule has 3 rings (SSSR count).